The molecule has 0 radical (unpaired) electrons. The van der Waals surface area contributed by atoms with Gasteiger partial charge in [0.05, 0.1) is 12.0 Å². The van der Waals surface area contributed by atoms with Crippen molar-refractivity contribution in [3.63, 3.8) is 0 Å². The third-order valence-corrected chi connectivity index (χ3v) is 2.69. The summed E-state index contributed by atoms with van der Waals surface area (Å²) < 4.78 is 4.94. The van der Waals surface area contributed by atoms with E-state index >= 15 is 0 Å². The number of nitrogens with zero attached hydrogens (tertiary/aromatic N) is 5. The zero-order chi connectivity index (χ0) is 12.7. The Morgan fingerprint density at radius 3 is 2.89 bits per heavy atom. The molecule has 0 aliphatic heterocycles. The van der Waals surface area contributed by atoms with Gasteiger partial charge in [-0.2, -0.15) is 4.57 Å². The number of hydrogen-bond acceptors (Lipinski definition) is 3. The molecular weight excluding hydrogens is 234 g/mol. The maximum atomic E-state index is 11.2. The van der Waals surface area contributed by atoms with E-state index in [0.717, 1.165) is 0 Å². The van der Waals surface area contributed by atoms with E-state index in [1.54, 1.807) is 52.3 Å². The molecule has 90 valence electrons. The van der Waals surface area contributed by atoms with Gasteiger partial charge < -0.3 is 0 Å². The number of fused-ring (bicyclic) bond motifs is 1. The lowest BCUT2D eigenvalue weighted by atomic mass is 10.3. The number of imidazole rings is 1. The van der Waals surface area contributed by atoms with Crippen molar-refractivity contribution in [3.8, 4) is 5.82 Å². The predicted molar refractivity (Wildman–Crippen MR) is 62.3 cm³/mol. The number of aryl methyl sites for hydroxylation is 1. The topological polar surface area (TPSA) is 69.2 Å². The van der Waals surface area contributed by atoms with Gasteiger partial charge >= 0.3 is 11.5 Å². The highest BCUT2D eigenvalue weighted by Crippen LogP contribution is 2.26. The Morgan fingerprint density at radius 1 is 1.39 bits per heavy atom. The first kappa shape index (κ1) is 10.5. The Morgan fingerprint density at radius 2 is 2.22 bits per heavy atom. The van der Waals surface area contributed by atoms with E-state index in [4.69, 9.17) is 0 Å². The van der Waals surface area contributed by atoms with E-state index < -0.39 is 4.92 Å². The van der Waals surface area contributed by atoms with Crippen LogP contribution in [0.2, 0.25) is 0 Å². The van der Waals surface area contributed by atoms with Crippen LogP contribution in [0.5, 0.6) is 0 Å². The molecule has 7 nitrogen and oxygen atoms in total. The molecule has 0 atom stereocenters. The number of pyridine rings is 1. The minimum atomic E-state index is -0.405. The molecular formula is C11H10N5O2+. The number of hydrogen-bond donors (Lipinski definition) is 0. The Balaban J connectivity index is 2.34. The molecule has 0 spiro atoms. The predicted octanol–water partition coefficient (Wildman–Crippen LogP) is 0.858. The van der Waals surface area contributed by atoms with E-state index in [2.05, 4.69) is 5.10 Å². The summed E-state index contributed by atoms with van der Waals surface area (Å²) in [5, 5.41) is 15.5. The Bertz CT molecular complexity index is 743. The van der Waals surface area contributed by atoms with Crippen LogP contribution in [0.1, 0.15) is 0 Å². The van der Waals surface area contributed by atoms with Crippen LogP contribution in [-0.4, -0.2) is 19.1 Å². The van der Waals surface area contributed by atoms with Gasteiger partial charge in [0.1, 0.15) is 17.9 Å². The quantitative estimate of drug-likeness (QED) is 0.381. The lowest BCUT2D eigenvalue weighted by molar-refractivity contribution is -0.670. The second-order valence-electron chi connectivity index (χ2n) is 3.95. The summed E-state index contributed by atoms with van der Waals surface area (Å²) in [5.41, 5.74) is 0.487. The van der Waals surface area contributed by atoms with Crippen molar-refractivity contribution >= 4 is 11.2 Å². The average Bonchev–Trinajstić information content (AvgIpc) is 2.91. The molecule has 0 unspecified atom stereocenters. The average molecular weight is 244 g/mol. The molecule has 18 heavy (non-hydrogen) atoms. The van der Waals surface area contributed by atoms with E-state index in [0.29, 0.717) is 11.3 Å². The van der Waals surface area contributed by atoms with E-state index in [-0.39, 0.29) is 5.69 Å². The van der Waals surface area contributed by atoms with Crippen LogP contribution in [0.25, 0.3) is 11.3 Å². The molecule has 0 aliphatic carbocycles. The first-order valence-electron chi connectivity index (χ1n) is 5.32. The van der Waals surface area contributed by atoms with Crippen molar-refractivity contribution in [1.82, 2.24) is 14.2 Å². The van der Waals surface area contributed by atoms with Gasteiger partial charge in [-0.3, -0.25) is 10.1 Å². The van der Waals surface area contributed by atoms with Crippen molar-refractivity contribution in [2.75, 3.05) is 0 Å². The van der Waals surface area contributed by atoms with Crippen LogP contribution in [0.4, 0.5) is 5.69 Å². The zero-order valence-electron chi connectivity index (χ0n) is 9.59. The molecule has 3 aromatic rings. The fraction of sp³-hybridized carbons (Fsp3) is 0.0909. The summed E-state index contributed by atoms with van der Waals surface area (Å²) in [5.74, 6) is 0.312. The van der Waals surface area contributed by atoms with Crippen LogP contribution in [0.15, 0.2) is 43.1 Å². The number of rotatable bonds is 2. The fourth-order valence-electron chi connectivity index (χ4n) is 1.90. The van der Waals surface area contributed by atoms with Gasteiger partial charge in [-0.15, -0.1) is 5.10 Å². The maximum Gasteiger partial charge on any atom is 0.362 e. The second-order valence-corrected chi connectivity index (χ2v) is 3.95. The largest absolute Gasteiger partial charge is 0.362 e. The molecule has 0 amide bonds. The monoisotopic (exact) mass is 244 g/mol. The molecule has 0 saturated carbocycles. The Kier molecular flexibility index (Phi) is 2.12. The molecule has 3 heterocycles. The van der Waals surface area contributed by atoms with Gasteiger partial charge in [-0.25, -0.2) is 9.08 Å². The van der Waals surface area contributed by atoms with Crippen molar-refractivity contribution < 1.29 is 9.49 Å². The van der Waals surface area contributed by atoms with Crippen molar-refractivity contribution in [2.24, 2.45) is 7.05 Å². The van der Waals surface area contributed by atoms with Gasteiger partial charge in [0, 0.05) is 6.20 Å². The van der Waals surface area contributed by atoms with E-state index in [9.17, 15) is 10.1 Å². The second kappa shape index (κ2) is 3.66. The highest BCUT2D eigenvalue weighted by molar-refractivity contribution is 5.72. The molecule has 3 rings (SSSR count). The fourth-order valence-corrected chi connectivity index (χ4v) is 1.90. The lowest BCUT2D eigenvalue weighted by Gasteiger charge is -1.89. The summed E-state index contributed by atoms with van der Waals surface area (Å²) in [6.07, 6.45) is 6.95. The number of nitro groups is 1. The Labute approximate surface area is 102 Å². The normalized spacial score (nSPS) is 10.9. The van der Waals surface area contributed by atoms with Gasteiger partial charge in [0.2, 0.25) is 6.33 Å². The van der Waals surface area contributed by atoms with Crippen molar-refractivity contribution in [1.29, 1.82) is 0 Å². The van der Waals surface area contributed by atoms with Crippen LogP contribution >= 0.6 is 0 Å². The molecule has 0 aromatic carbocycles. The highest BCUT2D eigenvalue weighted by atomic mass is 16.6. The maximum absolute atomic E-state index is 11.2. The number of aromatic nitrogens is 4. The Hall–Kier alpha value is -2.70. The summed E-state index contributed by atoms with van der Waals surface area (Å²) >= 11 is 0. The van der Waals surface area contributed by atoms with Crippen LogP contribution in [-0.2, 0) is 7.05 Å². The standard InChI is InChI=1S/C11H10N5O2/c1-13-6-7-14(8-13)11-10(16(17)18)9-4-2-3-5-15(9)12-11/h2-8H,1H3/q+1. The van der Waals surface area contributed by atoms with Gasteiger partial charge in [0.15, 0.2) is 0 Å². The van der Waals surface area contributed by atoms with Crippen LogP contribution < -0.4 is 4.57 Å². The van der Waals surface area contributed by atoms with Crippen molar-refractivity contribution in [3.05, 3.63) is 53.2 Å². The van der Waals surface area contributed by atoms with Gasteiger partial charge in [-0.1, -0.05) is 6.07 Å². The van der Waals surface area contributed by atoms with Crippen molar-refractivity contribution in [2.45, 2.75) is 0 Å². The summed E-state index contributed by atoms with van der Waals surface area (Å²) in [7, 11) is 1.85. The summed E-state index contributed by atoms with van der Waals surface area (Å²) in [4.78, 5) is 10.8. The third kappa shape index (κ3) is 1.45. The van der Waals surface area contributed by atoms with E-state index in [1.165, 1.54) is 4.52 Å². The van der Waals surface area contributed by atoms with Gasteiger partial charge in [-0.05, 0) is 12.1 Å². The minimum absolute atomic E-state index is 0.00630. The van der Waals surface area contributed by atoms with Crippen LogP contribution in [0.3, 0.4) is 0 Å². The van der Waals surface area contributed by atoms with Crippen LogP contribution in [0, 0.1) is 10.1 Å². The van der Waals surface area contributed by atoms with Gasteiger partial charge in [0.25, 0.3) is 0 Å². The minimum Gasteiger partial charge on any atom is -0.258 e. The highest BCUT2D eigenvalue weighted by Gasteiger charge is 2.28. The molecule has 0 bridgehead atoms. The molecule has 3 aromatic heterocycles. The zero-order valence-corrected chi connectivity index (χ0v) is 9.59. The molecule has 0 saturated heterocycles. The summed E-state index contributed by atoms with van der Waals surface area (Å²) in [6, 6.07) is 5.21. The molecule has 0 aliphatic rings. The first-order chi connectivity index (χ1) is 8.66. The lowest BCUT2D eigenvalue weighted by Crippen LogP contribution is -2.23. The van der Waals surface area contributed by atoms with E-state index in [1.807, 2.05) is 7.05 Å². The smallest absolute Gasteiger partial charge is 0.258 e. The first-order valence-corrected chi connectivity index (χ1v) is 5.32. The molecule has 0 N–H and O–H groups in total. The molecule has 0 fully saturated rings. The summed E-state index contributed by atoms with van der Waals surface area (Å²) in [6.45, 7) is 0. The molecule has 7 heteroatoms. The SMILES string of the molecule is C[n+]1ccn(-c2nn3ccccc3c2[N+](=O)[O-])c1. The third-order valence-electron chi connectivity index (χ3n) is 2.69.